The lowest BCUT2D eigenvalue weighted by molar-refractivity contribution is -0.116. The molecule has 0 saturated carbocycles. The summed E-state index contributed by atoms with van der Waals surface area (Å²) in [5.74, 6) is -0.176. The lowest BCUT2D eigenvalue weighted by atomic mass is 10.1. The first-order chi connectivity index (χ1) is 12.7. The summed E-state index contributed by atoms with van der Waals surface area (Å²) in [4.78, 5) is 25.3. The quantitative estimate of drug-likeness (QED) is 0.768. The molecule has 5 nitrogen and oxygen atoms in total. The molecule has 1 aliphatic carbocycles. The Balaban J connectivity index is 1.60. The Morgan fingerprint density at radius 3 is 2.54 bits per heavy atom. The monoisotopic (exact) mass is 349 g/mol. The van der Waals surface area contributed by atoms with Crippen LogP contribution in [-0.2, 0) is 30.7 Å². The average Bonchev–Trinajstić information content (AvgIpc) is 3.20. The zero-order chi connectivity index (χ0) is 18.1. The second-order valence-corrected chi connectivity index (χ2v) is 6.89. The molecule has 0 radical (unpaired) electrons. The molecule has 1 aliphatic rings. The van der Waals surface area contributed by atoms with Crippen LogP contribution in [0.4, 0.5) is 5.69 Å². The van der Waals surface area contributed by atoms with Crippen LogP contribution in [0.2, 0.25) is 0 Å². The van der Waals surface area contributed by atoms with Gasteiger partial charge in [0.05, 0.1) is 11.0 Å². The van der Waals surface area contributed by atoms with Gasteiger partial charge in [-0.05, 0) is 61.1 Å². The van der Waals surface area contributed by atoms with Crippen molar-refractivity contribution < 1.29 is 4.79 Å². The smallest absolute Gasteiger partial charge is 0.325 e. The van der Waals surface area contributed by atoms with Crippen molar-refractivity contribution in [3.8, 4) is 0 Å². The highest BCUT2D eigenvalue weighted by Crippen LogP contribution is 2.25. The minimum absolute atomic E-state index is 0.0210. The van der Waals surface area contributed by atoms with Crippen LogP contribution in [0.3, 0.4) is 0 Å². The number of nitrogens with one attached hydrogen (secondary N) is 1. The number of anilines is 1. The van der Waals surface area contributed by atoms with Crippen molar-refractivity contribution >= 4 is 22.6 Å². The molecule has 1 N–H and O–H groups in total. The topological polar surface area (TPSA) is 56.0 Å². The zero-order valence-electron chi connectivity index (χ0n) is 15.0. The number of rotatable bonds is 5. The van der Waals surface area contributed by atoms with E-state index in [1.54, 1.807) is 9.13 Å². The van der Waals surface area contributed by atoms with Gasteiger partial charge in [0.25, 0.3) is 0 Å². The van der Waals surface area contributed by atoms with Crippen molar-refractivity contribution in [3.05, 3.63) is 64.1 Å². The van der Waals surface area contributed by atoms with E-state index in [1.807, 2.05) is 37.3 Å². The Labute approximate surface area is 152 Å². The van der Waals surface area contributed by atoms with E-state index < -0.39 is 0 Å². The van der Waals surface area contributed by atoms with Gasteiger partial charge in [0.1, 0.15) is 6.54 Å². The number of nitrogens with zero attached hydrogens (tertiary/aromatic N) is 2. The molecular formula is C21H23N3O2. The molecule has 1 aromatic heterocycles. The fourth-order valence-corrected chi connectivity index (χ4v) is 3.86. The first kappa shape index (κ1) is 16.6. The van der Waals surface area contributed by atoms with Crippen LogP contribution in [0.5, 0.6) is 0 Å². The molecule has 134 valence electrons. The molecule has 0 spiro atoms. The molecule has 26 heavy (non-hydrogen) atoms. The molecular weight excluding hydrogens is 326 g/mol. The fraction of sp³-hybridized carbons (Fsp3) is 0.333. The first-order valence-corrected chi connectivity index (χ1v) is 9.27. The average molecular weight is 349 g/mol. The lowest BCUT2D eigenvalue weighted by Crippen LogP contribution is -2.29. The minimum atomic E-state index is -0.176. The maximum Gasteiger partial charge on any atom is 0.329 e. The predicted octanol–water partition coefficient (Wildman–Crippen LogP) is 3.34. The van der Waals surface area contributed by atoms with Crippen molar-refractivity contribution in [1.82, 2.24) is 9.13 Å². The number of hydrogen-bond donors (Lipinski definition) is 1. The molecule has 4 rings (SSSR count). The number of carbonyl (C=O) groups excluding carboxylic acids is 1. The van der Waals surface area contributed by atoms with Crippen molar-refractivity contribution in [2.45, 2.75) is 45.7 Å². The highest BCUT2D eigenvalue weighted by molar-refractivity contribution is 5.91. The number of para-hydroxylation sites is 2. The number of carbonyl (C=O) groups is 1. The number of benzene rings is 2. The van der Waals surface area contributed by atoms with E-state index in [9.17, 15) is 9.59 Å². The van der Waals surface area contributed by atoms with E-state index in [2.05, 4.69) is 17.4 Å². The van der Waals surface area contributed by atoms with Crippen LogP contribution >= 0.6 is 0 Å². The Hall–Kier alpha value is -2.82. The predicted molar refractivity (Wildman–Crippen MR) is 104 cm³/mol. The summed E-state index contributed by atoms with van der Waals surface area (Å²) in [6, 6.07) is 13.7. The van der Waals surface area contributed by atoms with Gasteiger partial charge in [-0.1, -0.05) is 25.1 Å². The van der Waals surface area contributed by atoms with E-state index in [0.29, 0.717) is 6.54 Å². The van der Waals surface area contributed by atoms with E-state index in [4.69, 9.17) is 0 Å². The Morgan fingerprint density at radius 1 is 1.04 bits per heavy atom. The summed E-state index contributed by atoms with van der Waals surface area (Å²) in [6.45, 7) is 2.71. The van der Waals surface area contributed by atoms with Crippen molar-refractivity contribution in [1.29, 1.82) is 0 Å². The molecule has 0 unspecified atom stereocenters. The van der Waals surface area contributed by atoms with Crippen molar-refractivity contribution in [2.24, 2.45) is 0 Å². The van der Waals surface area contributed by atoms with E-state index in [1.165, 1.54) is 17.5 Å². The van der Waals surface area contributed by atoms with Gasteiger partial charge in [-0.25, -0.2) is 4.79 Å². The van der Waals surface area contributed by atoms with Crippen LogP contribution in [0, 0.1) is 0 Å². The van der Waals surface area contributed by atoms with Crippen LogP contribution < -0.4 is 11.0 Å². The van der Waals surface area contributed by atoms with Gasteiger partial charge in [0, 0.05) is 12.2 Å². The number of imidazole rings is 1. The first-order valence-electron chi connectivity index (χ1n) is 9.27. The molecule has 1 heterocycles. The summed E-state index contributed by atoms with van der Waals surface area (Å²) in [7, 11) is 0. The summed E-state index contributed by atoms with van der Waals surface area (Å²) < 4.78 is 3.31. The van der Waals surface area contributed by atoms with E-state index in [0.717, 1.165) is 36.0 Å². The van der Waals surface area contributed by atoms with Gasteiger partial charge in [0.15, 0.2) is 0 Å². The number of fused-ring (bicyclic) bond motifs is 2. The van der Waals surface area contributed by atoms with E-state index in [-0.39, 0.29) is 18.1 Å². The van der Waals surface area contributed by atoms with Crippen LogP contribution in [0.25, 0.3) is 11.0 Å². The van der Waals surface area contributed by atoms with Gasteiger partial charge in [0.2, 0.25) is 5.91 Å². The largest absolute Gasteiger partial charge is 0.329 e. The highest BCUT2D eigenvalue weighted by atomic mass is 16.2. The SMILES string of the molecule is CCCn1c(=O)n(CC(=O)Nc2ccc3c(c2)CCC3)c2ccccc21. The molecule has 0 atom stereocenters. The highest BCUT2D eigenvalue weighted by Gasteiger charge is 2.16. The normalized spacial score (nSPS) is 13.1. The van der Waals surface area contributed by atoms with Gasteiger partial charge in [-0.2, -0.15) is 0 Å². The van der Waals surface area contributed by atoms with Gasteiger partial charge in [-0.15, -0.1) is 0 Å². The Morgan fingerprint density at radius 2 is 1.77 bits per heavy atom. The number of aromatic nitrogens is 2. The van der Waals surface area contributed by atoms with Crippen LogP contribution in [0.1, 0.15) is 30.9 Å². The van der Waals surface area contributed by atoms with Crippen molar-refractivity contribution in [3.63, 3.8) is 0 Å². The molecule has 5 heteroatoms. The Bertz CT molecular complexity index is 1030. The molecule has 0 bridgehead atoms. The number of amides is 1. The maximum atomic E-state index is 12.8. The molecule has 0 fully saturated rings. The second-order valence-electron chi connectivity index (χ2n) is 6.89. The Kier molecular flexibility index (Phi) is 4.37. The lowest BCUT2D eigenvalue weighted by Gasteiger charge is -2.08. The standard InChI is InChI=1S/C21H23N3O2/c1-2-12-23-18-8-3-4-9-19(18)24(21(23)26)14-20(25)22-17-11-10-15-6-5-7-16(15)13-17/h3-4,8-11,13H,2,5-7,12,14H2,1H3,(H,22,25). The van der Waals surface area contributed by atoms with E-state index >= 15 is 0 Å². The van der Waals surface area contributed by atoms with Crippen LogP contribution in [-0.4, -0.2) is 15.0 Å². The molecule has 3 aromatic rings. The maximum absolute atomic E-state index is 12.8. The molecule has 2 aromatic carbocycles. The van der Waals surface area contributed by atoms with Gasteiger partial charge < -0.3 is 5.32 Å². The summed E-state index contributed by atoms with van der Waals surface area (Å²) >= 11 is 0. The third-order valence-corrected chi connectivity index (χ3v) is 5.06. The number of hydrogen-bond acceptors (Lipinski definition) is 2. The van der Waals surface area contributed by atoms with Crippen molar-refractivity contribution in [2.75, 3.05) is 5.32 Å². The molecule has 0 aliphatic heterocycles. The molecule has 1 amide bonds. The van der Waals surface area contributed by atoms with Gasteiger partial charge >= 0.3 is 5.69 Å². The minimum Gasteiger partial charge on any atom is -0.325 e. The summed E-state index contributed by atoms with van der Waals surface area (Å²) in [5, 5.41) is 2.95. The molecule has 0 saturated heterocycles. The number of aryl methyl sites for hydroxylation is 3. The summed E-state index contributed by atoms with van der Waals surface area (Å²) in [6.07, 6.45) is 4.24. The fourth-order valence-electron chi connectivity index (χ4n) is 3.86. The zero-order valence-corrected chi connectivity index (χ0v) is 15.0. The van der Waals surface area contributed by atoms with Gasteiger partial charge in [-0.3, -0.25) is 13.9 Å². The summed E-state index contributed by atoms with van der Waals surface area (Å²) in [5.41, 5.74) is 5.05. The van der Waals surface area contributed by atoms with Crippen LogP contribution in [0.15, 0.2) is 47.3 Å². The second kappa shape index (κ2) is 6.83. The third-order valence-electron chi connectivity index (χ3n) is 5.06. The third kappa shape index (κ3) is 2.94.